The number of esters is 1. The van der Waals surface area contributed by atoms with Gasteiger partial charge in [-0.15, -0.1) is 0 Å². The molecule has 0 aliphatic heterocycles. The van der Waals surface area contributed by atoms with Crippen LogP contribution in [-0.4, -0.2) is 32.5 Å². The van der Waals surface area contributed by atoms with Crippen LogP contribution < -0.4 is 9.47 Å². The highest BCUT2D eigenvalue weighted by Gasteiger charge is 2.60. The van der Waals surface area contributed by atoms with Crippen LogP contribution in [0.15, 0.2) is 12.1 Å². The fourth-order valence-electron chi connectivity index (χ4n) is 1.79. The Morgan fingerprint density at radius 2 is 1.70 bits per heavy atom. The van der Waals surface area contributed by atoms with Gasteiger partial charge < -0.3 is 14.2 Å². The zero-order valence-electron chi connectivity index (χ0n) is 12.6. The normalized spacial score (nSPS) is 12.0. The van der Waals surface area contributed by atoms with E-state index in [-0.39, 0.29) is 19.0 Å². The third-order valence-corrected chi connectivity index (χ3v) is 2.79. The first-order valence-electron chi connectivity index (χ1n) is 6.57. The molecule has 0 saturated carbocycles. The lowest BCUT2D eigenvalue weighted by molar-refractivity contribution is -0.289. The molecule has 0 heterocycles. The van der Waals surface area contributed by atoms with Gasteiger partial charge in [-0.25, -0.2) is 4.79 Å². The van der Waals surface area contributed by atoms with Gasteiger partial charge in [0.05, 0.1) is 25.9 Å². The van der Waals surface area contributed by atoms with Gasteiger partial charge in [0, 0.05) is 6.07 Å². The largest absolute Gasteiger partial charge is 0.497 e. The van der Waals surface area contributed by atoms with Crippen LogP contribution in [0, 0.1) is 0 Å². The SMILES string of the molecule is CCOC(=O)c1c(OCC)cc(OC)cc1C(F)(F)C(F)(F)F. The lowest BCUT2D eigenvalue weighted by Crippen LogP contribution is -2.35. The average molecular weight is 342 g/mol. The number of methoxy groups -OCH3 is 1. The molecule has 1 rings (SSSR count). The summed E-state index contributed by atoms with van der Waals surface area (Å²) in [6, 6.07) is 1.49. The molecule has 0 amide bonds. The highest BCUT2D eigenvalue weighted by Crippen LogP contribution is 2.48. The van der Waals surface area contributed by atoms with Gasteiger partial charge in [-0.05, 0) is 19.9 Å². The van der Waals surface area contributed by atoms with Crippen molar-refractivity contribution >= 4 is 5.97 Å². The summed E-state index contributed by atoms with van der Waals surface area (Å²) in [5.41, 5.74) is -2.55. The van der Waals surface area contributed by atoms with Crippen LogP contribution in [-0.2, 0) is 10.7 Å². The Balaban J connectivity index is 3.70. The molecule has 0 atom stereocenters. The fourth-order valence-corrected chi connectivity index (χ4v) is 1.79. The van der Waals surface area contributed by atoms with Crippen molar-refractivity contribution in [3.8, 4) is 11.5 Å². The first kappa shape index (κ1) is 19.0. The minimum Gasteiger partial charge on any atom is -0.497 e. The Labute approximate surface area is 129 Å². The van der Waals surface area contributed by atoms with Crippen molar-refractivity contribution in [2.24, 2.45) is 0 Å². The van der Waals surface area contributed by atoms with Gasteiger partial charge in [0.1, 0.15) is 17.1 Å². The molecule has 0 aliphatic rings. The molecule has 23 heavy (non-hydrogen) atoms. The molecule has 0 radical (unpaired) electrons. The molecule has 0 bridgehead atoms. The van der Waals surface area contributed by atoms with Crippen LogP contribution in [0.5, 0.6) is 11.5 Å². The summed E-state index contributed by atoms with van der Waals surface area (Å²) in [7, 11) is 1.09. The molecule has 4 nitrogen and oxygen atoms in total. The smallest absolute Gasteiger partial charge is 0.458 e. The summed E-state index contributed by atoms with van der Waals surface area (Å²) in [4.78, 5) is 11.9. The van der Waals surface area contributed by atoms with E-state index < -0.39 is 34.9 Å². The first-order chi connectivity index (χ1) is 10.6. The summed E-state index contributed by atoms with van der Waals surface area (Å²) in [6.07, 6.45) is -5.90. The highest BCUT2D eigenvalue weighted by atomic mass is 19.4. The van der Waals surface area contributed by atoms with E-state index in [0.717, 1.165) is 13.2 Å². The molecule has 0 unspecified atom stereocenters. The van der Waals surface area contributed by atoms with Crippen molar-refractivity contribution in [1.29, 1.82) is 0 Å². The molecular formula is C14H15F5O4. The second kappa shape index (κ2) is 7.01. The molecular weight excluding hydrogens is 327 g/mol. The Morgan fingerprint density at radius 3 is 2.13 bits per heavy atom. The molecule has 0 aliphatic carbocycles. The van der Waals surface area contributed by atoms with Crippen LogP contribution in [0.1, 0.15) is 29.8 Å². The second-order valence-corrected chi connectivity index (χ2v) is 4.27. The molecule has 0 spiro atoms. The number of halogens is 5. The Kier molecular flexibility index (Phi) is 5.79. The number of rotatable bonds is 6. The van der Waals surface area contributed by atoms with Crippen LogP contribution in [0.4, 0.5) is 22.0 Å². The van der Waals surface area contributed by atoms with Gasteiger partial charge in [-0.3, -0.25) is 0 Å². The summed E-state index contributed by atoms with van der Waals surface area (Å²) in [5.74, 6) is -7.39. The molecule has 0 aromatic heterocycles. The highest BCUT2D eigenvalue weighted by molar-refractivity contribution is 5.95. The number of alkyl halides is 5. The van der Waals surface area contributed by atoms with E-state index in [9.17, 15) is 26.7 Å². The van der Waals surface area contributed by atoms with Gasteiger partial charge >= 0.3 is 18.1 Å². The summed E-state index contributed by atoms with van der Waals surface area (Å²) in [6.45, 7) is 2.61. The maximum absolute atomic E-state index is 13.8. The van der Waals surface area contributed by atoms with Crippen LogP contribution >= 0.6 is 0 Å². The van der Waals surface area contributed by atoms with Gasteiger partial charge in [-0.1, -0.05) is 0 Å². The predicted octanol–water partition coefficient (Wildman–Crippen LogP) is 3.92. The zero-order valence-corrected chi connectivity index (χ0v) is 12.6. The van der Waals surface area contributed by atoms with E-state index in [1.54, 1.807) is 0 Å². The maximum atomic E-state index is 13.8. The van der Waals surface area contributed by atoms with Crippen LogP contribution in [0.2, 0.25) is 0 Å². The summed E-state index contributed by atoms with van der Waals surface area (Å²) < 4.78 is 80.1. The third-order valence-electron chi connectivity index (χ3n) is 2.79. The summed E-state index contributed by atoms with van der Waals surface area (Å²) in [5, 5.41) is 0. The van der Waals surface area contributed by atoms with Crippen molar-refractivity contribution in [2.75, 3.05) is 20.3 Å². The van der Waals surface area contributed by atoms with Gasteiger partial charge in [-0.2, -0.15) is 22.0 Å². The Hall–Kier alpha value is -2.06. The van der Waals surface area contributed by atoms with Crippen molar-refractivity contribution in [3.63, 3.8) is 0 Å². The molecule has 1 aromatic rings. The number of carbonyl (C=O) groups excluding carboxylic acids is 1. The van der Waals surface area contributed by atoms with Gasteiger partial charge in [0.15, 0.2) is 0 Å². The number of hydrogen-bond acceptors (Lipinski definition) is 4. The molecule has 130 valence electrons. The van der Waals surface area contributed by atoms with E-state index in [4.69, 9.17) is 9.47 Å². The van der Waals surface area contributed by atoms with Crippen molar-refractivity contribution < 1.29 is 41.0 Å². The number of carbonyl (C=O) groups is 1. The molecule has 1 aromatic carbocycles. The molecule has 0 N–H and O–H groups in total. The molecule has 9 heteroatoms. The van der Waals surface area contributed by atoms with Crippen molar-refractivity contribution in [2.45, 2.75) is 25.9 Å². The number of hydrogen-bond donors (Lipinski definition) is 0. The van der Waals surface area contributed by atoms with Crippen molar-refractivity contribution in [1.82, 2.24) is 0 Å². The lowest BCUT2D eigenvalue weighted by atomic mass is 9.99. The minimum atomic E-state index is -5.90. The Morgan fingerprint density at radius 1 is 1.09 bits per heavy atom. The lowest BCUT2D eigenvalue weighted by Gasteiger charge is -2.24. The van der Waals surface area contributed by atoms with Gasteiger partial charge in [0.25, 0.3) is 0 Å². The molecule has 0 fully saturated rings. The summed E-state index contributed by atoms with van der Waals surface area (Å²) >= 11 is 0. The third kappa shape index (κ3) is 3.83. The topological polar surface area (TPSA) is 44.8 Å². The van der Waals surface area contributed by atoms with E-state index >= 15 is 0 Å². The Bertz CT molecular complexity index is 569. The number of ether oxygens (including phenoxy) is 3. The molecule has 0 saturated heterocycles. The van der Waals surface area contributed by atoms with Crippen LogP contribution in [0.25, 0.3) is 0 Å². The van der Waals surface area contributed by atoms with Gasteiger partial charge in [0.2, 0.25) is 0 Å². The van der Waals surface area contributed by atoms with E-state index in [1.807, 2.05) is 0 Å². The van der Waals surface area contributed by atoms with Crippen LogP contribution in [0.3, 0.4) is 0 Å². The quantitative estimate of drug-likeness (QED) is 0.581. The second-order valence-electron chi connectivity index (χ2n) is 4.27. The monoisotopic (exact) mass is 342 g/mol. The standard InChI is InChI=1S/C14H15F5O4/c1-4-22-10-7-8(21-3)6-9(11(10)12(20)23-5-2)13(15,16)14(17,18)19/h6-7H,4-5H2,1-3H3. The average Bonchev–Trinajstić information content (AvgIpc) is 2.45. The first-order valence-corrected chi connectivity index (χ1v) is 6.57. The zero-order chi connectivity index (χ0) is 17.8. The number of benzene rings is 1. The van der Waals surface area contributed by atoms with E-state index in [2.05, 4.69) is 4.74 Å². The van der Waals surface area contributed by atoms with E-state index in [0.29, 0.717) is 6.07 Å². The van der Waals surface area contributed by atoms with Crippen molar-refractivity contribution in [3.05, 3.63) is 23.3 Å². The fraction of sp³-hybridized carbons (Fsp3) is 0.500. The van der Waals surface area contributed by atoms with E-state index in [1.165, 1.54) is 13.8 Å². The predicted molar refractivity (Wildman–Crippen MR) is 70.1 cm³/mol. The maximum Gasteiger partial charge on any atom is 0.458 e. The minimum absolute atomic E-state index is 0.0589.